The van der Waals surface area contributed by atoms with Gasteiger partial charge in [0.1, 0.15) is 23.5 Å². The number of likely N-dealkylation sites (tertiary alicyclic amines) is 1. The van der Waals surface area contributed by atoms with E-state index in [-0.39, 0.29) is 75.5 Å². The van der Waals surface area contributed by atoms with Gasteiger partial charge < -0.3 is 39.9 Å². The Labute approximate surface area is 278 Å². The van der Waals surface area contributed by atoms with Gasteiger partial charge in [0.15, 0.2) is 6.61 Å². The molecule has 4 rings (SSSR count). The minimum absolute atomic E-state index is 0.0891. The number of aromatic nitrogens is 1. The number of carboxylic acid groups (broad SMARTS) is 1. The van der Waals surface area contributed by atoms with Gasteiger partial charge in [-0.1, -0.05) is 13.0 Å². The summed E-state index contributed by atoms with van der Waals surface area (Å²) < 4.78 is 11.0. The van der Waals surface area contributed by atoms with Crippen LogP contribution >= 0.6 is 0 Å². The Balaban J connectivity index is 1.50. The fourth-order valence-corrected chi connectivity index (χ4v) is 5.77. The predicted molar refractivity (Wildman–Crippen MR) is 173 cm³/mol. The van der Waals surface area contributed by atoms with Crippen LogP contribution in [0.15, 0.2) is 24.3 Å². The topological polar surface area (TPSA) is 188 Å². The van der Waals surface area contributed by atoms with Crippen LogP contribution in [-0.4, -0.2) is 125 Å². The normalized spacial score (nSPS) is 16.7. The highest BCUT2D eigenvalue weighted by molar-refractivity contribution is 5.99. The van der Waals surface area contributed by atoms with Gasteiger partial charge in [-0.25, -0.2) is 9.78 Å². The van der Waals surface area contributed by atoms with Crippen LogP contribution in [0.3, 0.4) is 0 Å². The van der Waals surface area contributed by atoms with Gasteiger partial charge in [-0.2, -0.15) is 0 Å². The van der Waals surface area contributed by atoms with Gasteiger partial charge in [0.2, 0.25) is 11.8 Å². The van der Waals surface area contributed by atoms with Gasteiger partial charge in [0, 0.05) is 57.1 Å². The lowest BCUT2D eigenvalue weighted by Crippen LogP contribution is -2.56. The molecule has 1 aromatic heterocycles. The maximum Gasteiger partial charge on any atom is 0.409 e. The number of piperazine rings is 1. The molecule has 0 spiro atoms. The fourth-order valence-electron chi connectivity index (χ4n) is 5.77. The molecule has 15 nitrogen and oxygen atoms in total. The van der Waals surface area contributed by atoms with E-state index in [1.807, 2.05) is 19.9 Å². The molecule has 0 bridgehead atoms. The van der Waals surface area contributed by atoms with Crippen LogP contribution < -0.4 is 15.4 Å². The van der Waals surface area contributed by atoms with Crippen molar-refractivity contribution in [3.8, 4) is 5.75 Å². The molecular weight excluding hydrogens is 624 g/mol. The largest absolute Gasteiger partial charge is 0.483 e. The number of aliphatic carboxylic acids is 1. The van der Waals surface area contributed by atoms with E-state index in [9.17, 15) is 33.9 Å². The van der Waals surface area contributed by atoms with Crippen LogP contribution in [0.2, 0.25) is 0 Å². The zero-order chi connectivity index (χ0) is 34.8. The number of ether oxygens (including phenoxy) is 2. The molecule has 0 unspecified atom stereocenters. The number of amides is 5. The number of hydrogen-bond acceptors (Lipinski definition) is 9. The first-order valence-electron chi connectivity index (χ1n) is 16.4. The molecule has 2 atom stereocenters. The lowest BCUT2D eigenvalue weighted by molar-refractivity contribution is -0.140. The number of carboxylic acids is 1. The maximum absolute atomic E-state index is 13.6. The number of fused-ring (bicyclic) bond motifs is 1. The number of pyridine rings is 1. The lowest BCUT2D eigenvalue weighted by Gasteiger charge is -2.35. The van der Waals surface area contributed by atoms with E-state index in [0.717, 1.165) is 12.0 Å². The standard InChI is InChI=1S/C33H44N6O9/c1-4-12-34-31(44)26-7-6-13-39(26)28(40)20-48-27-19-25(35-24-18-21(3)8-9-22(24)27)30(43)36-23(10-11-29(41)42)32(45)37-14-16-38(17-15-37)33(46)47-5-2/h8-9,18-19,23,26H,4-7,10-17,20H2,1-3H3,(H,34,44)(H,36,43)(H,41,42)/t23-,26-/m0/s1. The SMILES string of the molecule is CCCNC(=O)[C@@H]1CCCN1C(=O)COc1cc(C(=O)N[C@@H](CCC(=O)O)C(=O)N2CCN(C(=O)OCC)CC2)nc2cc(C)ccc12. The van der Waals surface area contributed by atoms with E-state index in [1.165, 1.54) is 20.8 Å². The number of hydrogen-bond donors (Lipinski definition) is 3. The second-order valence-electron chi connectivity index (χ2n) is 11.8. The summed E-state index contributed by atoms with van der Waals surface area (Å²) in [5, 5.41) is 15.4. The number of carbonyl (C=O) groups excluding carboxylic acids is 5. The van der Waals surface area contributed by atoms with Gasteiger partial charge in [0.05, 0.1) is 12.1 Å². The summed E-state index contributed by atoms with van der Waals surface area (Å²) in [6, 6.07) is 5.01. The first-order valence-corrected chi connectivity index (χ1v) is 16.4. The van der Waals surface area contributed by atoms with E-state index < -0.39 is 36.0 Å². The number of rotatable bonds is 13. The van der Waals surface area contributed by atoms with Crippen molar-refractivity contribution >= 4 is 46.6 Å². The van der Waals surface area contributed by atoms with Gasteiger partial charge in [-0.05, 0) is 57.2 Å². The number of carbonyl (C=O) groups is 6. The lowest BCUT2D eigenvalue weighted by atomic mass is 10.1. The zero-order valence-electron chi connectivity index (χ0n) is 27.7. The predicted octanol–water partition coefficient (Wildman–Crippen LogP) is 1.70. The van der Waals surface area contributed by atoms with Crippen LogP contribution in [0.25, 0.3) is 10.9 Å². The van der Waals surface area contributed by atoms with Crippen molar-refractivity contribution in [2.45, 2.75) is 65.0 Å². The molecule has 0 saturated carbocycles. The smallest absolute Gasteiger partial charge is 0.409 e. The minimum atomic E-state index is -1.17. The Morgan fingerprint density at radius 3 is 2.44 bits per heavy atom. The van der Waals surface area contributed by atoms with Crippen LogP contribution in [0.5, 0.6) is 5.75 Å². The summed E-state index contributed by atoms with van der Waals surface area (Å²) in [5.41, 5.74) is 1.20. The first-order chi connectivity index (χ1) is 23.0. The monoisotopic (exact) mass is 668 g/mol. The molecule has 0 aliphatic carbocycles. The van der Waals surface area contributed by atoms with Crippen molar-refractivity contribution in [3.63, 3.8) is 0 Å². The molecule has 2 aliphatic rings. The molecule has 15 heteroatoms. The average Bonchev–Trinajstić information content (AvgIpc) is 3.57. The Bertz CT molecular complexity index is 1520. The zero-order valence-corrected chi connectivity index (χ0v) is 27.7. The molecular formula is C33H44N6O9. The number of aryl methyl sites for hydroxylation is 1. The third kappa shape index (κ3) is 9.10. The molecule has 260 valence electrons. The second kappa shape index (κ2) is 16.7. The third-order valence-electron chi connectivity index (χ3n) is 8.30. The van der Waals surface area contributed by atoms with Crippen LogP contribution in [0.1, 0.15) is 62.0 Å². The summed E-state index contributed by atoms with van der Waals surface area (Å²) >= 11 is 0. The summed E-state index contributed by atoms with van der Waals surface area (Å²) in [5.74, 6) is -2.68. The van der Waals surface area contributed by atoms with E-state index in [2.05, 4.69) is 15.6 Å². The number of nitrogens with zero attached hydrogens (tertiary/aromatic N) is 4. The van der Waals surface area contributed by atoms with Crippen molar-refractivity contribution in [1.82, 2.24) is 30.3 Å². The molecule has 2 aliphatic heterocycles. The highest BCUT2D eigenvalue weighted by atomic mass is 16.6. The average molecular weight is 669 g/mol. The number of benzene rings is 1. The van der Waals surface area contributed by atoms with Crippen molar-refractivity contribution < 1.29 is 43.3 Å². The highest BCUT2D eigenvalue weighted by Gasteiger charge is 2.34. The second-order valence-corrected chi connectivity index (χ2v) is 11.8. The van der Waals surface area contributed by atoms with Gasteiger partial charge in [-0.3, -0.25) is 24.0 Å². The molecule has 2 aromatic rings. The maximum atomic E-state index is 13.6. The number of nitrogens with one attached hydrogen (secondary N) is 2. The van der Waals surface area contributed by atoms with Gasteiger partial charge >= 0.3 is 12.1 Å². The molecule has 1 aromatic carbocycles. The van der Waals surface area contributed by atoms with E-state index >= 15 is 0 Å². The van der Waals surface area contributed by atoms with Gasteiger partial charge in [-0.15, -0.1) is 0 Å². The molecule has 2 saturated heterocycles. The third-order valence-corrected chi connectivity index (χ3v) is 8.30. The van der Waals surface area contributed by atoms with Crippen LogP contribution in [-0.2, 0) is 23.9 Å². The van der Waals surface area contributed by atoms with Crippen LogP contribution in [0, 0.1) is 6.92 Å². The van der Waals surface area contributed by atoms with Gasteiger partial charge in [0.25, 0.3) is 11.8 Å². The summed E-state index contributed by atoms with van der Waals surface area (Å²) in [6.07, 6.45) is 1.03. The van der Waals surface area contributed by atoms with E-state index in [0.29, 0.717) is 36.8 Å². The molecule has 5 amide bonds. The Kier molecular flexibility index (Phi) is 12.5. The Hall–Kier alpha value is -4.95. The summed E-state index contributed by atoms with van der Waals surface area (Å²) in [4.78, 5) is 85.4. The van der Waals surface area contributed by atoms with Crippen molar-refractivity contribution in [3.05, 3.63) is 35.5 Å². The molecule has 0 radical (unpaired) electrons. The van der Waals surface area contributed by atoms with Crippen molar-refractivity contribution in [1.29, 1.82) is 0 Å². The molecule has 3 heterocycles. The van der Waals surface area contributed by atoms with E-state index in [4.69, 9.17) is 9.47 Å². The minimum Gasteiger partial charge on any atom is -0.483 e. The molecule has 3 N–H and O–H groups in total. The van der Waals surface area contributed by atoms with Crippen molar-refractivity contribution in [2.24, 2.45) is 0 Å². The summed E-state index contributed by atoms with van der Waals surface area (Å²) in [6.45, 7) is 7.16. The summed E-state index contributed by atoms with van der Waals surface area (Å²) in [7, 11) is 0. The van der Waals surface area contributed by atoms with E-state index in [1.54, 1.807) is 19.1 Å². The first kappa shape index (κ1) is 35.9. The van der Waals surface area contributed by atoms with Crippen LogP contribution in [0.4, 0.5) is 4.79 Å². The molecule has 2 fully saturated rings. The Morgan fingerprint density at radius 2 is 1.75 bits per heavy atom. The quantitative estimate of drug-likeness (QED) is 0.284. The van der Waals surface area contributed by atoms with Crippen molar-refractivity contribution in [2.75, 3.05) is 52.5 Å². The Morgan fingerprint density at radius 1 is 1.02 bits per heavy atom. The molecule has 48 heavy (non-hydrogen) atoms. The highest BCUT2D eigenvalue weighted by Crippen LogP contribution is 2.27. The fraction of sp³-hybridized carbons (Fsp3) is 0.545.